The minimum absolute atomic E-state index is 0.0622. The lowest BCUT2D eigenvalue weighted by Gasteiger charge is -2.15. The zero-order chi connectivity index (χ0) is 12.4. The summed E-state index contributed by atoms with van der Waals surface area (Å²) >= 11 is 0. The van der Waals surface area contributed by atoms with E-state index in [1.807, 2.05) is 26.0 Å². The summed E-state index contributed by atoms with van der Waals surface area (Å²) in [6.07, 6.45) is 0. The van der Waals surface area contributed by atoms with E-state index in [4.69, 9.17) is 10.2 Å². The predicted octanol–water partition coefficient (Wildman–Crippen LogP) is 3.48. The van der Waals surface area contributed by atoms with Crippen molar-refractivity contribution < 1.29 is 8.81 Å². The van der Waals surface area contributed by atoms with E-state index in [1.165, 1.54) is 6.07 Å². The Morgan fingerprint density at radius 3 is 2.71 bits per heavy atom. The number of hydrogen-bond acceptors (Lipinski definition) is 3. The Balaban J connectivity index is 2.18. The maximum absolute atomic E-state index is 13.2. The molecule has 0 spiro atoms. The van der Waals surface area contributed by atoms with Crippen LogP contribution in [0.4, 0.5) is 15.8 Å². The average molecular weight is 234 g/mol. The lowest BCUT2D eigenvalue weighted by Crippen LogP contribution is -2.08. The van der Waals surface area contributed by atoms with Gasteiger partial charge < -0.3 is 15.5 Å². The highest BCUT2D eigenvalue weighted by molar-refractivity contribution is 5.66. The van der Waals surface area contributed by atoms with Crippen molar-refractivity contribution in [2.75, 3.05) is 11.1 Å². The SMILES string of the molecule is Cc1ccc(C(C)Nc2cccc(F)c2N)o1. The van der Waals surface area contributed by atoms with Gasteiger partial charge in [0.05, 0.1) is 17.4 Å². The van der Waals surface area contributed by atoms with Gasteiger partial charge in [0.25, 0.3) is 0 Å². The first kappa shape index (κ1) is 11.5. The number of para-hydroxylation sites is 1. The highest BCUT2D eigenvalue weighted by Crippen LogP contribution is 2.26. The van der Waals surface area contributed by atoms with E-state index in [0.717, 1.165) is 11.5 Å². The molecule has 0 aliphatic carbocycles. The van der Waals surface area contributed by atoms with Crippen molar-refractivity contribution in [3.8, 4) is 0 Å². The summed E-state index contributed by atoms with van der Waals surface area (Å²) in [7, 11) is 0. The first-order chi connectivity index (χ1) is 8.08. The molecular formula is C13H15FN2O. The van der Waals surface area contributed by atoms with Gasteiger partial charge in [-0.25, -0.2) is 4.39 Å². The molecule has 3 nitrogen and oxygen atoms in total. The molecule has 0 saturated carbocycles. The zero-order valence-electron chi connectivity index (χ0n) is 9.83. The molecule has 0 radical (unpaired) electrons. The Kier molecular flexibility index (Phi) is 3.04. The maximum Gasteiger partial charge on any atom is 0.148 e. The average Bonchev–Trinajstić information content (AvgIpc) is 2.72. The summed E-state index contributed by atoms with van der Waals surface area (Å²) in [6, 6.07) is 8.42. The fourth-order valence-corrected chi connectivity index (χ4v) is 1.65. The van der Waals surface area contributed by atoms with Gasteiger partial charge in [0, 0.05) is 0 Å². The molecule has 1 aromatic heterocycles. The minimum Gasteiger partial charge on any atom is -0.464 e. The Morgan fingerprint density at radius 1 is 1.29 bits per heavy atom. The van der Waals surface area contributed by atoms with E-state index in [9.17, 15) is 4.39 Å². The van der Waals surface area contributed by atoms with Gasteiger partial charge in [0.15, 0.2) is 0 Å². The fourth-order valence-electron chi connectivity index (χ4n) is 1.65. The van der Waals surface area contributed by atoms with Gasteiger partial charge >= 0.3 is 0 Å². The lowest BCUT2D eigenvalue weighted by molar-refractivity contribution is 0.467. The van der Waals surface area contributed by atoms with E-state index in [1.54, 1.807) is 12.1 Å². The van der Waals surface area contributed by atoms with Crippen LogP contribution in [0.3, 0.4) is 0 Å². The molecule has 0 aliphatic rings. The highest BCUT2D eigenvalue weighted by atomic mass is 19.1. The second kappa shape index (κ2) is 4.49. The number of halogens is 1. The zero-order valence-corrected chi connectivity index (χ0v) is 9.83. The van der Waals surface area contributed by atoms with Crippen molar-refractivity contribution in [2.45, 2.75) is 19.9 Å². The largest absolute Gasteiger partial charge is 0.464 e. The Bertz CT molecular complexity index is 522. The number of hydrogen-bond donors (Lipinski definition) is 2. The van der Waals surface area contributed by atoms with Gasteiger partial charge in [-0.1, -0.05) is 6.07 Å². The summed E-state index contributed by atoms with van der Waals surface area (Å²) in [5.41, 5.74) is 6.35. The summed E-state index contributed by atoms with van der Waals surface area (Å²) in [4.78, 5) is 0. The number of nitrogens with two attached hydrogens (primary N) is 1. The third-order valence-electron chi connectivity index (χ3n) is 2.61. The van der Waals surface area contributed by atoms with Crippen molar-refractivity contribution in [3.63, 3.8) is 0 Å². The minimum atomic E-state index is -0.419. The van der Waals surface area contributed by atoms with E-state index >= 15 is 0 Å². The molecule has 1 atom stereocenters. The van der Waals surface area contributed by atoms with Crippen LogP contribution in [-0.2, 0) is 0 Å². The van der Waals surface area contributed by atoms with Crippen molar-refractivity contribution in [1.82, 2.24) is 0 Å². The van der Waals surface area contributed by atoms with Gasteiger partial charge in [0.1, 0.15) is 17.3 Å². The topological polar surface area (TPSA) is 51.2 Å². The lowest BCUT2D eigenvalue weighted by atomic mass is 10.2. The molecule has 2 rings (SSSR count). The molecule has 17 heavy (non-hydrogen) atoms. The van der Waals surface area contributed by atoms with Crippen LogP contribution in [0.1, 0.15) is 24.5 Å². The van der Waals surface area contributed by atoms with Crippen molar-refractivity contribution in [2.24, 2.45) is 0 Å². The van der Waals surface area contributed by atoms with Crippen LogP contribution in [0.5, 0.6) is 0 Å². The predicted molar refractivity (Wildman–Crippen MR) is 66.3 cm³/mol. The highest BCUT2D eigenvalue weighted by Gasteiger charge is 2.12. The standard InChI is InChI=1S/C13H15FN2O/c1-8-6-7-12(17-8)9(2)16-11-5-3-4-10(14)13(11)15/h3-7,9,16H,15H2,1-2H3. The Hall–Kier alpha value is -1.97. The van der Waals surface area contributed by atoms with Crippen molar-refractivity contribution in [1.29, 1.82) is 0 Å². The molecule has 1 aromatic carbocycles. The van der Waals surface area contributed by atoms with Gasteiger partial charge in [-0.2, -0.15) is 0 Å². The molecule has 2 aromatic rings. The van der Waals surface area contributed by atoms with E-state index in [2.05, 4.69) is 5.32 Å². The molecule has 1 unspecified atom stereocenters. The van der Waals surface area contributed by atoms with Crippen LogP contribution in [0.2, 0.25) is 0 Å². The summed E-state index contributed by atoms with van der Waals surface area (Å²) in [5, 5.41) is 3.12. The summed E-state index contributed by atoms with van der Waals surface area (Å²) < 4.78 is 18.7. The number of aryl methyl sites for hydroxylation is 1. The van der Waals surface area contributed by atoms with Gasteiger partial charge in [0.2, 0.25) is 0 Å². The molecule has 0 aliphatic heterocycles. The van der Waals surface area contributed by atoms with Gasteiger partial charge in [-0.3, -0.25) is 0 Å². The number of nitrogen functional groups attached to an aromatic ring is 1. The smallest absolute Gasteiger partial charge is 0.148 e. The van der Waals surface area contributed by atoms with Crippen LogP contribution in [0.15, 0.2) is 34.7 Å². The van der Waals surface area contributed by atoms with Gasteiger partial charge in [-0.15, -0.1) is 0 Å². The first-order valence-corrected chi connectivity index (χ1v) is 5.45. The molecule has 3 N–H and O–H groups in total. The molecule has 1 heterocycles. The van der Waals surface area contributed by atoms with E-state index in [0.29, 0.717) is 5.69 Å². The number of anilines is 2. The molecule has 90 valence electrons. The van der Waals surface area contributed by atoms with Crippen LogP contribution in [0, 0.1) is 12.7 Å². The van der Waals surface area contributed by atoms with Crippen molar-refractivity contribution in [3.05, 3.63) is 47.7 Å². The Labute approximate surface area is 99.4 Å². The van der Waals surface area contributed by atoms with E-state index in [-0.39, 0.29) is 11.7 Å². The first-order valence-electron chi connectivity index (χ1n) is 5.45. The van der Waals surface area contributed by atoms with Gasteiger partial charge in [-0.05, 0) is 38.1 Å². The van der Waals surface area contributed by atoms with Crippen LogP contribution >= 0.6 is 0 Å². The third-order valence-corrected chi connectivity index (χ3v) is 2.61. The normalized spacial score (nSPS) is 12.4. The number of benzene rings is 1. The quantitative estimate of drug-likeness (QED) is 0.799. The second-order valence-electron chi connectivity index (χ2n) is 4.02. The number of furan rings is 1. The molecular weight excluding hydrogens is 219 g/mol. The van der Waals surface area contributed by atoms with Crippen LogP contribution in [0.25, 0.3) is 0 Å². The summed E-state index contributed by atoms with van der Waals surface area (Å²) in [6.45, 7) is 3.81. The molecule has 0 saturated heterocycles. The fraction of sp³-hybridized carbons (Fsp3) is 0.231. The monoisotopic (exact) mass is 234 g/mol. The molecule has 4 heteroatoms. The third kappa shape index (κ3) is 2.41. The van der Waals surface area contributed by atoms with E-state index < -0.39 is 5.82 Å². The maximum atomic E-state index is 13.2. The second-order valence-corrected chi connectivity index (χ2v) is 4.02. The molecule has 0 bridgehead atoms. The van der Waals surface area contributed by atoms with Crippen LogP contribution in [-0.4, -0.2) is 0 Å². The molecule has 0 amide bonds. The van der Waals surface area contributed by atoms with Crippen LogP contribution < -0.4 is 11.1 Å². The molecule has 0 fully saturated rings. The van der Waals surface area contributed by atoms with Crippen molar-refractivity contribution >= 4 is 11.4 Å². The summed E-state index contributed by atoms with van der Waals surface area (Å²) in [5.74, 6) is 1.23. The number of nitrogens with one attached hydrogen (secondary N) is 1. The number of rotatable bonds is 3. The Morgan fingerprint density at radius 2 is 2.06 bits per heavy atom.